The minimum Gasteiger partial charge on any atom is -0.166 e. The fourth-order valence-electron chi connectivity index (χ4n) is 1.97. The van der Waals surface area contributed by atoms with E-state index in [1.807, 2.05) is 0 Å². The third-order valence-electron chi connectivity index (χ3n) is 3.43. The summed E-state index contributed by atoms with van der Waals surface area (Å²) in [5.41, 5.74) is -2.28. The van der Waals surface area contributed by atoms with Gasteiger partial charge in [0, 0.05) is 0 Å². The van der Waals surface area contributed by atoms with Crippen LogP contribution in [0.3, 0.4) is 0 Å². The van der Waals surface area contributed by atoms with E-state index in [1.54, 1.807) is 6.92 Å². The zero-order valence-corrected chi connectivity index (χ0v) is 14.2. The summed E-state index contributed by atoms with van der Waals surface area (Å²) in [7, 11) is 0. The first-order chi connectivity index (χ1) is 12.1. The number of aryl methyl sites for hydroxylation is 2. The Hall–Kier alpha value is -2.19. The maximum Gasteiger partial charge on any atom is 0.416 e. The summed E-state index contributed by atoms with van der Waals surface area (Å²) in [4.78, 5) is 0. The van der Waals surface area contributed by atoms with Gasteiger partial charge in [0.25, 0.3) is 0 Å². The molecule has 0 nitrogen and oxygen atoms in total. The molecule has 2 aromatic rings. The second-order valence-electron chi connectivity index (χ2n) is 5.63. The van der Waals surface area contributed by atoms with Crippen LogP contribution in [0.1, 0.15) is 34.7 Å². The lowest BCUT2D eigenvalue weighted by molar-refractivity contribution is -0.143. The van der Waals surface area contributed by atoms with Crippen LogP contribution < -0.4 is 0 Å². The Balaban J connectivity index is 0.000000289. The van der Waals surface area contributed by atoms with Gasteiger partial charge in [-0.05, 0) is 49.2 Å². The molecule has 0 atom stereocenters. The third-order valence-corrected chi connectivity index (χ3v) is 3.43. The van der Waals surface area contributed by atoms with Gasteiger partial charge in [-0.3, -0.25) is 0 Å². The van der Waals surface area contributed by atoms with Crippen LogP contribution in [0, 0.1) is 6.92 Å². The Labute approximate surface area is 149 Å². The molecule has 27 heavy (non-hydrogen) atoms. The molecule has 2 rings (SSSR count). The van der Waals surface area contributed by atoms with Crippen molar-refractivity contribution in [1.29, 1.82) is 0 Å². The Kier molecular flexibility index (Phi) is 6.96. The lowest BCUT2D eigenvalue weighted by atomic mass is 10.0. The standard InChI is InChI=1S/C10H8F6.C8H7F3/c1-2-6-3-7(9(11,12)13)5-8(4-6)10(14,15)16;1-6-2-4-7(5-3-6)8(9,10)11/h3-5H,2H2,1H3;2-5H,1H3. The summed E-state index contributed by atoms with van der Waals surface area (Å²) in [5.74, 6) is 0. The fourth-order valence-corrected chi connectivity index (χ4v) is 1.97. The Morgan fingerprint density at radius 1 is 0.593 bits per heavy atom. The molecule has 0 radical (unpaired) electrons. The highest BCUT2D eigenvalue weighted by Gasteiger charge is 2.36. The van der Waals surface area contributed by atoms with Gasteiger partial charge in [-0.25, -0.2) is 0 Å². The van der Waals surface area contributed by atoms with Crippen LogP contribution in [-0.2, 0) is 24.9 Å². The SMILES string of the molecule is CCc1cc(C(F)(F)F)cc(C(F)(F)F)c1.Cc1ccc(C(F)(F)F)cc1. The van der Waals surface area contributed by atoms with Crippen LogP contribution in [-0.4, -0.2) is 0 Å². The molecule has 0 aliphatic rings. The van der Waals surface area contributed by atoms with E-state index in [2.05, 4.69) is 0 Å². The van der Waals surface area contributed by atoms with Gasteiger partial charge < -0.3 is 0 Å². The first-order valence-corrected chi connectivity index (χ1v) is 7.56. The smallest absolute Gasteiger partial charge is 0.166 e. The average molecular weight is 402 g/mol. The molecule has 0 aromatic heterocycles. The van der Waals surface area contributed by atoms with E-state index in [9.17, 15) is 39.5 Å². The molecular weight excluding hydrogens is 387 g/mol. The second-order valence-corrected chi connectivity index (χ2v) is 5.63. The molecule has 0 saturated carbocycles. The van der Waals surface area contributed by atoms with E-state index < -0.39 is 35.2 Å². The van der Waals surface area contributed by atoms with E-state index in [-0.39, 0.29) is 18.1 Å². The van der Waals surface area contributed by atoms with E-state index in [1.165, 1.54) is 19.1 Å². The van der Waals surface area contributed by atoms with E-state index in [0.29, 0.717) is 0 Å². The summed E-state index contributed by atoms with van der Waals surface area (Å²) in [5, 5.41) is 0. The predicted molar refractivity (Wildman–Crippen MR) is 82.0 cm³/mol. The molecule has 0 bridgehead atoms. The van der Waals surface area contributed by atoms with Crippen molar-refractivity contribution in [2.45, 2.75) is 38.8 Å². The Morgan fingerprint density at radius 2 is 0.963 bits per heavy atom. The first-order valence-electron chi connectivity index (χ1n) is 7.56. The highest BCUT2D eigenvalue weighted by Crippen LogP contribution is 2.36. The van der Waals surface area contributed by atoms with Crippen LogP contribution in [0.2, 0.25) is 0 Å². The van der Waals surface area contributed by atoms with Gasteiger partial charge in [0.05, 0.1) is 16.7 Å². The van der Waals surface area contributed by atoms with Crippen molar-refractivity contribution in [2.75, 3.05) is 0 Å². The molecule has 2 aromatic carbocycles. The maximum absolute atomic E-state index is 12.3. The van der Waals surface area contributed by atoms with Crippen molar-refractivity contribution < 1.29 is 39.5 Å². The number of hydrogen-bond acceptors (Lipinski definition) is 0. The Bertz CT molecular complexity index is 703. The van der Waals surface area contributed by atoms with Gasteiger partial charge in [-0.1, -0.05) is 24.6 Å². The lowest BCUT2D eigenvalue weighted by Gasteiger charge is -2.13. The number of alkyl halides is 9. The number of hydrogen-bond donors (Lipinski definition) is 0. The summed E-state index contributed by atoms with van der Waals surface area (Å²) in [6, 6.07) is 6.64. The zero-order chi connectivity index (χ0) is 21.0. The van der Waals surface area contributed by atoms with Crippen molar-refractivity contribution >= 4 is 0 Å². The normalized spacial score (nSPS) is 12.4. The monoisotopic (exact) mass is 402 g/mol. The summed E-state index contributed by atoms with van der Waals surface area (Å²) < 4.78 is 110. The molecule has 0 aliphatic carbocycles. The minimum atomic E-state index is -4.76. The van der Waals surface area contributed by atoms with Crippen LogP contribution in [0.15, 0.2) is 42.5 Å². The van der Waals surface area contributed by atoms with Crippen LogP contribution >= 0.6 is 0 Å². The van der Waals surface area contributed by atoms with Gasteiger partial charge in [-0.2, -0.15) is 39.5 Å². The molecule has 0 saturated heterocycles. The molecule has 0 unspecified atom stereocenters. The van der Waals surface area contributed by atoms with Crippen LogP contribution in [0.4, 0.5) is 39.5 Å². The highest BCUT2D eigenvalue weighted by atomic mass is 19.4. The molecular formula is C18H15F9. The predicted octanol–water partition coefficient (Wildman–Crippen LogP) is 7.30. The molecule has 0 aliphatic heterocycles. The number of halogens is 9. The second kappa shape index (κ2) is 8.22. The van der Waals surface area contributed by atoms with Gasteiger partial charge in [-0.15, -0.1) is 0 Å². The van der Waals surface area contributed by atoms with Crippen molar-refractivity contribution in [3.05, 3.63) is 70.3 Å². The van der Waals surface area contributed by atoms with Crippen molar-refractivity contribution in [3.63, 3.8) is 0 Å². The third kappa shape index (κ3) is 7.15. The molecule has 0 spiro atoms. The lowest BCUT2D eigenvalue weighted by Crippen LogP contribution is -2.11. The summed E-state index contributed by atoms with van der Waals surface area (Å²) >= 11 is 0. The minimum absolute atomic E-state index is 0.0159. The largest absolute Gasteiger partial charge is 0.416 e. The van der Waals surface area contributed by atoms with E-state index >= 15 is 0 Å². The molecule has 0 N–H and O–H groups in total. The first kappa shape index (κ1) is 22.9. The summed E-state index contributed by atoms with van der Waals surface area (Å²) in [6.07, 6.45) is -13.6. The summed E-state index contributed by atoms with van der Waals surface area (Å²) in [6.45, 7) is 3.25. The topological polar surface area (TPSA) is 0 Å². The zero-order valence-electron chi connectivity index (χ0n) is 14.2. The fraction of sp³-hybridized carbons (Fsp3) is 0.333. The molecule has 150 valence electrons. The molecule has 0 fully saturated rings. The highest BCUT2D eigenvalue weighted by molar-refractivity contribution is 5.33. The maximum atomic E-state index is 12.3. The van der Waals surface area contributed by atoms with Crippen molar-refractivity contribution in [2.24, 2.45) is 0 Å². The average Bonchev–Trinajstić information content (AvgIpc) is 2.53. The van der Waals surface area contributed by atoms with Crippen LogP contribution in [0.25, 0.3) is 0 Å². The van der Waals surface area contributed by atoms with E-state index in [4.69, 9.17) is 0 Å². The van der Waals surface area contributed by atoms with Gasteiger partial charge >= 0.3 is 18.5 Å². The van der Waals surface area contributed by atoms with Crippen molar-refractivity contribution in [1.82, 2.24) is 0 Å². The van der Waals surface area contributed by atoms with Crippen LogP contribution in [0.5, 0.6) is 0 Å². The number of benzene rings is 2. The molecule has 0 heterocycles. The van der Waals surface area contributed by atoms with Gasteiger partial charge in [0.1, 0.15) is 0 Å². The molecule has 0 amide bonds. The molecule has 9 heteroatoms. The van der Waals surface area contributed by atoms with E-state index in [0.717, 1.165) is 29.8 Å². The quantitative estimate of drug-likeness (QED) is 0.439. The number of rotatable bonds is 1. The van der Waals surface area contributed by atoms with Crippen molar-refractivity contribution in [3.8, 4) is 0 Å². The van der Waals surface area contributed by atoms with Gasteiger partial charge in [0.15, 0.2) is 0 Å². The Morgan fingerprint density at radius 3 is 1.26 bits per heavy atom. The van der Waals surface area contributed by atoms with Gasteiger partial charge in [0.2, 0.25) is 0 Å².